The number of para-hydroxylation sites is 1. The monoisotopic (exact) mass is 353 g/mol. The zero-order valence-electron chi connectivity index (χ0n) is 12.9. The zero-order valence-corrected chi connectivity index (χ0v) is 14.6. The molecule has 2 rings (SSSR count). The molecule has 23 heavy (non-hydrogen) atoms. The van der Waals surface area contributed by atoms with Crippen LogP contribution >= 0.6 is 0 Å². The van der Waals surface area contributed by atoms with Crippen molar-refractivity contribution in [3.05, 3.63) is 60.2 Å². The summed E-state index contributed by atoms with van der Waals surface area (Å²) in [5, 5.41) is 0. The fourth-order valence-electron chi connectivity index (χ4n) is 1.93. The van der Waals surface area contributed by atoms with Crippen LogP contribution in [0.25, 0.3) is 0 Å². The number of hydrogen-bond acceptors (Lipinski definition) is 4. The van der Waals surface area contributed by atoms with Crippen LogP contribution in [0, 0.1) is 0 Å². The van der Waals surface area contributed by atoms with Gasteiger partial charge in [-0.3, -0.25) is 0 Å². The first-order valence-corrected chi connectivity index (χ1v) is 9.75. The van der Waals surface area contributed by atoms with Crippen LogP contribution in [0.3, 0.4) is 0 Å². The molecule has 0 amide bonds. The highest BCUT2D eigenvalue weighted by atomic mass is 32.3. The SMILES string of the molecule is CCC(C)c1ccc(S(=O)(=O)NS(=O)Oc2ccccc2)cc1. The van der Waals surface area contributed by atoms with Gasteiger partial charge in [-0.25, -0.2) is 8.42 Å². The summed E-state index contributed by atoms with van der Waals surface area (Å²) in [4.78, 5) is 0.0505. The van der Waals surface area contributed by atoms with Gasteiger partial charge < -0.3 is 4.18 Å². The van der Waals surface area contributed by atoms with Gasteiger partial charge in [0.25, 0.3) is 10.0 Å². The van der Waals surface area contributed by atoms with Gasteiger partial charge in [0.1, 0.15) is 5.75 Å². The molecule has 0 fully saturated rings. The molecule has 0 saturated carbocycles. The Morgan fingerprint density at radius 2 is 1.70 bits per heavy atom. The third-order valence-corrected chi connectivity index (χ3v) is 6.12. The van der Waals surface area contributed by atoms with Gasteiger partial charge in [-0.05, 0) is 42.2 Å². The fourth-order valence-corrected chi connectivity index (χ4v) is 3.95. The smallest absolute Gasteiger partial charge is 0.302 e. The molecule has 0 bridgehead atoms. The van der Waals surface area contributed by atoms with E-state index < -0.39 is 21.3 Å². The fraction of sp³-hybridized carbons (Fsp3) is 0.250. The second-order valence-electron chi connectivity index (χ2n) is 5.10. The minimum atomic E-state index is -3.90. The van der Waals surface area contributed by atoms with E-state index in [0.29, 0.717) is 11.7 Å². The molecule has 0 spiro atoms. The van der Waals surface area contributed by atoms with Crippen LogP contribution in [0.15, 0.2) is 59.5 Å². The molecule has 0 aliphatic carbocycles. The van der Waals surface area contributed by atoms with Crippen LogP contribution in [0.4, 0.5) is 0 Å². The Morgan fingerprint density at radius 3 is 2.26 bits per heavy atom. The standard InChI is InChI=1S/C16H19NO4S2/c1-3-13(2)14-9-11-16(12-10-14)23(19,20)17-22(18)21-15-7-5-4-6-8-15/h4-13,17H,3H2,1-2H3. The number of benzene rings is 2. The van der Waals surface area contributed by atoms with Crippen LogP contribution in [0.2, 0.25) is 0 Å². The van der Waals surface area contributed by atoms with Crippen molar-refractivity contribution < 1.29 is 16.8 Å². The quantitative estimate of drug-likeness (QED) is 0.830. The maximum atomic E-state index is 12.2. The Kier molecular flexibility index (Phi) is 5.92. The zero-order chi connectivity index (χ0) is 16.9. The normalized spacial score (nSPS) is 14.2. The summed E-state index contributed by atoms with van der Waals surface area (Å²) in [6, 6.07) is 14.9. The molecule has 0 heterocycles. The number of sulfonamides is 1. The predicted octanol–water partition coefficient (Wildman–Crippen LogP) is 3.14. The molecule has 124 valence electrons. The van der Waals surface area contributed by atoms with Crippen LogP contribution in [0.1, 0.15) is 31.7 Å². The minimum Gasteiger partial charge on any atom is -0.388 e. The lowest BCUT2D eigenvalue weighted by Crippen LogP contribution is -2.28. The van der Waals surface area contributed by atoms with E-state index in [1.54, 1.807) is 42.5 Å². The lowest BCUT2D eigenvalue weighted by Gasteiger charge is -2.10. The maximum Gasteiger partial charge on any atom is 0.302 e. The first-order chi connectivity index (χ1) is 10.9. The molecule has 2 atom stereocenters. The van der Waals surface area contributed by atoms with E-state index in [9.17, 15) is 12.6 Å². The van der Waals surface area contributed by atoms with Crippen LogP contribution in [0.5, 0.6) is 5.75 Å². The van der Waals surface area contributed by atoms with Gasteiger partial charge in [0.15, 0.2) is 0 Å². The van der Waals surface area contributed by atoms with E-state index >= 15 is 0 Å². The maximum absolute atomic E-state index is 12.2. The van der Waals surface area contributed by atoms with Crippen LogP contribution in [-0.4, -0.2) is 12.6 Å². The Balaban J connectivity index is 2.08. The van der Waals surface area contributed by atoms with Crippen molar-refractivity contribution in [1.29, 1.82) is 0 Å². The molecule has 5 nitrogen and oxygen atoms in total. The lowest BCUT2D eigenvalue weighted by atomic mass is 9.99. The molecule has 2 aromatic rings. The molecule has 7 heteroatoms. The van der Waals surface area contributed by atoms with Crippen LogP contribution < -0.4 is 8.31 Å². The Morgan fingerprint density at radius 1 is 1.09 bits per heavy atom. The number of rotatable bonds is 7. The first kappa shape index (κ1) is 17.7. The van der Waals surface area contributed by atoms with Crippen molar-refractivity contribution in [3.63, 3.8) is 0 Å². The third kappa shape index (κ3) is 4.89. The second kappa shape index (κ2) is 7.72. The molecular weight excluding hydrogens is 334 g/mol. The second-order valence-corrected chi connectivity index (χ2v) is 7.88. The summed E-state index contributed by atoms with van der Waals surface area (Å²) in [6.07, 6.45) is 0.972. The summed E-state index contributed by atoms with van der Waals surface area (Å²) in [5.74, 6) is 0.677. The Bertz CT molecular complexity index is 758. The first-order valence-electron chi connectivity index (χ1n) is 7.20. The summed E-state index contributed by atoms with van der Waals surface area (Å²) in [7, 11) is -3.90. The van der Waals surface area contributed by atoms with Gasteiger partial charge in [-0.2, -0.15) is 4.21 Å². The highest BCUT2D eigenvalue weighted by molar-refractivity contribution is 8.00. The van der Waals surface area contributed by atoms with E-state index in [4.69, 9.17) is 4.18 Å². The number of nitrogens with one attached hydrogen (secondary N) is 1. The van der Waals surface area contributed by atoms with Gasteiger partial charge in [0.2, 0.25) is 0 Å². The van der Waals surface area contributed by atoms with E-state index in [0.717, 1.165) is 12.0 Å². The molecule has 0 radical (unpaired) electrons. The van der Waals surface area contributed by atoms with Gasteiger partial charge >= 0.3 is 11.3 Å². The van der Waals surface area contributed by atoms with Gasteiger partial charge in [0.05, 0.1) is 4.90 Å². The van der Waals surface area contributed by atoms with E-state index in [2.05, 4.69) is 13.8 Å². The summed E-state index contributed by atoms with van der Waals surface area (Å²) >= 11 is -2.19. The highest BCUT2D eigenvalue weighted by Gasteiger charge is 2.19. The van der Waals surface area contributed by atoms with Crippen molar-refractivity contribution in [2.45, 2.75) is 31.1 Å². The third-order valence-electron chi connectivity index (χ3n) is 3.46. The van der Waals surface area contributed by atoms with E-state index in [-0.39, 0.29) is 4.90 Å². The topological polar surface area (TPSA) is 72.5 Å². The molecule has 1 N–H and O–H groups in total. The molecule has 0 aromatic heterocycles. The highest BCUT2D eigenvalue weighted by Crippen LogP contribution is 2.20. The number of hydrogen-bond donors (Lipinski definition) is 1. The van der Waals surface area contributed by atoms with Crippen molar-refractivity contribution >= 4 is 21.3 Å². The summed E-state index contributed by atoms with van der Waals surface area (Å²) < 4.78 is 43.3. The molecule has 0 aliphatic heterocycles. The van der Waals surface area contributed by atoms with E-state index in [1.807, 2.05) is 4.13 Å². The summed E-state index contributed by atoms with van der Waals surface area (Å²) in [6.45, 7) is 4.14. The Hall–Kier alpha value is -1.70. The minimum absolute atomic E-state index is 0.0505. The van der Waals surface area contributed by atoms with Crippen molar-refractivity contribution in [1.82, 2.24) is 4.13 Å². The summed E-state index contributed by atoms with van der Waals surface area (Å²) in [5.41, 5.74) is 1.06. The molecule has 0 saturated heterocycles. The van der Waals surface area contributed by atoms with Crippen molar-refractivity contribution in [2.75, 3.05) is 0 Å². The van der Waals surface area contributed by atoms with Gasteiger partial charge in [0, 0.05) is 0 Å². The molecular formula is C16H19NO4S2. The molecule has 2 aromatic carbocycles. The largest absolute Gasteiger partial charge is 0.388 e. The Labute approximate surface area is 139 Å². The average Bonchev–Trinajstić information content (AvgIpc) is 2.54. The van der Waals surface area contributed by atoms with Crippen molar-refractivity contribution in [3.8, 4) is 5.75 Å². The van der Waals surface area contributed by atoms with E-state index in [1.165, 1.54) is 12.1 Å². The van der Waals surface area contributed by atoms with Gasteiger partial charge in [-0.1, -0.05) is 48.3 Å². The predicted molar refractivity (Wildman–Crippen MR) is 90.7 cm³/mol. The van der Waals surface area contributed by atoms with Crippen molar-refractivity contribution in [2.24, 2.45) is 0 Å². The lowest BCUT2D eigenvalue weighted by molar-refractivity contribution is 0.552. The molecule has 2 unspecified atom stereocenters. The molecule has 0 aliphatic rings. The van der Waals surface area contributed by atoms with Gasteiger partial charge in [-0.15, -0.1) is 0 Å². The average molecular weight is 353 g/mol. The van der Waals surface area contributed by atoms with Crippen LogP contribution in [-0.2, 0) is 21.3 Å².